The summed E-state index contributed by atoms with van der Waals surface area (Å²) in [6.07, 6.45) is 1.81. The normalized spacial score (nSPS) is 25.9. The van der Waals surface area contributed by atoms with Crippen LogP contribution in [-0.4, -0.2) is 18.1 Å². The van der Waals surface area contributed by atoms with Gasteiger partial charge in [-0.15, -0.1) is 0 Å². The number of aromatic nitrogens is 1. The molecule has 2 heterocycles. The summed E-state index contributed by atoms with van der Waals surface area (Å²) >= 11 is 0. The van der Waals surface area contributed by atoms with Gasteiger partial charge in [0, 0.05) is 25.8 Å². The fraction of sp³-hybridized carbons (Fsp3) is 0.583. The van der Waals surface area contributed by atoms with Gasteiger partial charge in [-0.25, -0.2) is 0 Å². The first-order valence-corrected chi connectivity index (χ1v) is 5.61. The van der Waals surface area contributed by atoms with Crippen molar-refractivity contribution in [1.82, 2.24) is 4.98 Å². The lowest BCUT2D eigenvalue weighted by molar-refractivity contribution is 0.494. The summed E-state index contributed by atoms with van der Waals surface area (Å²) in [4.78, 5) is 6.73. The van der Waals surface area contributed by atoms with Crippen LogP contribution in [0.3, 0.4) is 0 Å². The van der Waals surface area contributed by atoms with E-state index < -0.39 is 0 Å². The maximum atomic E-state index is 5.70. The van der Waals surface area contributed by atoms with Crippen molar-refractivity contribution in [3.05, 3.63) is 24.0 Å². The Labute approximate surface area is 91.3 Å². The van der Waals surface area contributed by atoms with Crippen LogP contribution in [0.4, 0.5) is 5.69 Å². The van der Waals surface area contributed by atoms with Gasteiger partial charge in [-0.1, -0.05) is 13.8 Å². The highest BCUT2D eigenvalue weighted by Gasteiger charge is 2.27. The maximum absolute atomic E-state index is 5.70. The topological polar surface area (TPSA) is 42.2 Å². The van der Waals surface area contributed by atoms with Crippen molar-refractivity contribution in [2.24, 2.45) is 17.6 Å². The van der Waals surface area contributed by atoms with Crippen LogP contribution in [-0.2, 0) is 6.54 Å². The lowest BCUT2D eigenvalue weighted by Gasteiger charge is -2.20. The zero-order valence-electron chi connectivity index (χ0n) is 9.48. The maximum Gasteiger partial charge on any atom is 0.0772 e. The molecule has 0 amide bonds. The molecule has 2 atom stereocenters. The van der Waals surface area contributed by atoms with Crippen molar-refractivity contribution < 1.29 is 0 Å². The summed E-state index contributed by atoms with van der Waals surface area (Å²) in [7, 11) is 0. The third-order valence-electron chi connectivity index (χ3n) is 3.39. The van der Waals surface area contributed by atoms with Gasteiger partial charge in [0.1, 0.15) is 0 Å². The molecule has 0 saturated carbocycles. The second-order valence-electron chi connectivity index (χ2n) is 4.53. The summed E-state index contributed by atoms with van der Waals surface area (Å²) in [5.74, 6) is 1.52. The molecule has 0 radical (unpaired) electrons. The molecule has 0 bridgehead atoms. The summed E-state index contributed by atoms with van der Waals surface area (Å²) in [6.45, 7) is 7.39. The van der Waals surface area contributed by atoms with E-state index in [2.05, 4.69) is 29.8 Å². The number of anilines is 1. The van der Waals surface area contributed by atoms with Crippen LogP contribution >= 0.6 is 0 Å². The van der Waals surface area contributed by atoms with Crippen LogP contribution < -0.4 is 10.6 Å². The van der Waals surface area contributed by atoms with Crippen LogP contribution in [0.2, 0.25) is 0 Å². The van der Waals surface area contributed by atoms with Gasteiger partial charge in [0.2, 0.25) is 0 Å². The second kappa shape index (κ2) is 4.19. The first-order valence-electron chi connectivity index (χ1n) is 5.61. The molecule has 2 N–H and O–H groups in total. The summed E-state index contributed by atoms with van der Waals surface area (Å²) in [6, 6.07) is 4.11. The fourth-order valence-electron chi connectivity index (χ4n) is 2.20. The molecule has 1 aromatic heterocycles. The minimum absolute atomic E-state index is 0.523. The van der Waals surface area contributed by atoms with Gasteiger partial charge in [0.25, 0.3) is 0 Å². The smallest absolute Gasteiger partial charge is 0.0772 e. The molecule has 1 aliphatic rings. The van der Waals surface area contributed by atoms with E-state index >= 15 is 0 Å². The zero-order chi connectivity index (χ0) is 10.8. The largest absolute Gasteiger partial charge is 0.369 e. The highest BCUT2D eigenvalue weighted by molar-refractivity contribution is 5.51. The van der Waals surface area contributed by atoms with E-state index in [0.717, 1.165) is 30.6 Å². The van der Waals surface area contributed by atoms with Gasteiger partial charge >= 0.3 is 0 Å². The summed E-state index contributed by atoms with van der Waals surface area (Å²) in [5.41, 5.74) is 7.93. The minimum atomic E-state index is 0.523. The predicted octanol–water partition coefficient (Wildman–Crippen LogP) is 1.63. The lowest BCUT2D eigenvalue weighted by Crippen LogP contribution is -2.22. The van der Waals surface area contributed by atoms with Crippen molar-refractivity contribution in [3.63, 3.8) is 0 Å². The average Bonchev–Trinajstić information content (AvgIpc) is 2.59. The SMILES string of the molecule is CC1CN(c2cccnc2CN)CC1C. The van der Waals surface area contributed by atoms with Crippen LogP contribution in [0.25, 0.3) is 0 Å². The van der Waals surface area contributed by atoms with Gasteiger partial charge < -0.3 is 10.6 Å². The van der Waals surface area contributed by atoms with E-state index in [9.17, 15) is 0 Å². The first kappa shape index (κ1) is 10.4. The van der Waals surface area contributed by atoms with E-state index in [4.69, 9.17) is 5.73 Å². The second-order valence-corrected chi connectivity index (χ2v) is 4.53. The third-order valence-corrected chi connectivity index (χ3v) is 3.39. The summed E-state index contributed by atoms with van der Waals surface area (Å²) in [5, 5.41) is 0. The van der Waals surface area contributed by atoms with Crippen LogP contribution in [0.5, 0.6) is 0 Å². The van der Waals surface area contributed by atoms with E-state index in [1.165, 1.54) is 5.69 Å². The molecule has 0 aromatic carbocycles. The number of hydrogen-bond donors (Lipinski definition) is 1. The predicted molar refractivity (Wildman–Crippen MR) is 62.7 cm³/mol. The fourth-order valence-corrected chi connectivity index (χ4v) is 2.20. The molecule has 82 valence electrons. The van der Waals surface area contributed by atoms with Crippen molar-refractivity contribution in [2.75, 3.05) is 18.0 Å². The molecular weight excluding hydrogens is 186 g/mol. The number of rotatable bonds is 2. The number of nitrogens with zero attached hydrogens (tertiary/aromatic N) is 2. The first-order chi connectivity index (χ1) is 7.22. The minimum Gasteiger partial charge on any atom is -0.369 e. The lowest BCUT2D eigenvalue weighted by atomic mass is 10.0. The Balaban J connectivity index is 2.23. The van der Waals surface area contributed by atoms with Crippen molar-refractivity contribution in [2.45, 2.75) is 20.4 Å². The van der Waals surface area contributed by atoms with Crippen molar-refractivity contribution in [3.8, 4) is 0 Å². The molecule has 15 heavy (non-hydrogen) atoms. The molecule has 2 rings (SSSR count). The standard InChI is InChI=1S/C12H19N3/c1-9-7-15(8-10(9)2)12-4-3-5-14-11(12)6-13/h3-5,9-10H,6-8,13H2,1-2H3. The van der Waals surface area contributed by atoms with E-state index in [0.29, 0.717) is 6.54 Å². The van der Waals surface area contributed by atoms with Crippen LogP contribution in [0.15, 0.2) is 18.3 Å². The number of hydrogen-bond acceptors (Lipinski definition) is 3. The Kier molecular flexibility index (Phi) is 2.91. The van der Waals surface area contributed by atoms with Crippen molar-refractivity contribution in [1.29, 1.82) is 0 Å². The highest BCUT2D eigenvalue weighted by atomic mass is 15.2. The summed E-state index contributed by atoms with van der Waals surface area (Å²) < 4.78 is 0. The number of pyridine rings is 1. The molecule has 3 heteroatoms. The van der Waals surface area contributed by atoms with Crippen LogP contribution in [0, 0.1) is 11.8 Å². The van der Waals surface area contributed by atoms with Gasteiger partial charge in [0.05, 0.1) is 11.4 Å². The van der Waals surface area contributed by atoms with E-state index in [1.807, 2.05) is 12.3 Å². The Morgan fingerprint density at radius 3 is 2.67 bits per heavy atom. The molecular formula is C12H19N3. The Morgan fingerprint density at radius 2 is 2.07 bits per heavy atom. The highest BCUT2D eigenvalue weighted by Crippen LogP contribution is 2.28. The van der Waals surface area contributed by atoms with Gasteiger partial charge in [0.15, 0.2) is 0 Å². The molecule has 2 unspecified atom stereocenters. The molecule has 0 aliphatic carbocycles. The molecule has 1 aliphatic heterocycles. The van der Waals surface area contributed by atoms with Gasteiger partial charge in [-0.3, -0.25) is 4.98 Å². The monoisotopic (exact) mass is 205 g/mol. The number of nitrogens with two attached hydrogens (primary N) is 1. The molecule has 1 fully saturated rings. The van der Waals surface area contributed by atoms with Crippen molar-refractivity contribution >= 4 is 5.69 Å². The Morgan fingerprint density at radius 1 is 1.40 bits per heavy atom. The molecule has 1 saturated heterocycles. The van der Waals surface area contributed by atoms with E-state index in [-0.39, 0.29) is 0 Å². The quantitative estimate of drug-likeness (QED) is 0.798. The van der Waals surface area contributed by atoms with Gasteiger partial charge in [-0.2, -0.15) is 0 Å². The molecule has 3 nitrogen and oxygen atoms in total. The molecule has 1 aromatic rings. The molecule has 0 spiro atoms. The zero-order valence-corrected chi connectivity index (χ0v) is 9.48. The van der Waals surface area contributed by atoms with Gasteiger partial charge in [-0.05, 0) is 24.0 Å². The van der Waals surface area contributed by atoms with Crippen LogP contribution in [0.1, 0.15) is 19.5 Å². The van der Waals surface area contributed by atoms with E-state index in [1.54, 1.807) is 0 Å². The Hall–Kier alpha value is -1.09. The Bertz CT molecular complexity index is 327. The average molecular weight is 205 g/mol. The third kappa shape index (κ3) is 1.97.